The van der Waals surface area contributed by atoms with Crippen molar-refractivity contribution in [1.29, 1.82) is 0 Å². The van der Waals surface area contributed by atoms with Gasteiger partial charge >= 0.3 is 11.9 Å². The van der Waals surface area contributed by atoms with Crippen LogP contribution in [0.4, 0.5) is 0 Å². The standard InChI is InChI=1S/C37H60O11/c1-19(17-45-21(3)38)8-7-9-20(2)25-10-11-26-31-27(16-30(41)37(25,26)6)36(5)13-12-24(40)14-23(36)15-28(31)47-35-34(44)33(43)32(42)29(48-35)18-46-22(4)39/h14,19-20,24-35,40-44H,7-13,15-18H2,1-6H3/t19-,20-,24?,25-,26?,27?,28-,29-,30+,31?,32+,33-,34-,35-,36+,37-/m1/s1. The van der Waals surface area contributed by atoms with Crippen LogP contribution in [0.3, 0.4) is 0 Å². The zero-order valence-corrected chi connectivity index (χ0v) is 29.6. The zero-order chi connectivity index (χ0) is 35.1. The summed E-state index contributed by atoms with van der Waals surface area (Å²) in [6.45, 7) is 11.8. The molecule has 16 atom stereocenters. The largest absolute Gasteiger partial charge is 0.466 e. The van der Waals surface area contributed by atoms with E-state index in [1.807, 2.05) is 6.08 Å². The van der Waals surface area contributed by atoms with Crippen LogP contribution in [0.1, 0.15) is 99.3 Å². The minimum Gasteiger partial charge on any atom is -0.466 e. The van der Waals surface area contributed by atoms with Crippen molar-refractivity contribution in [2.45, 2.75) is 148 Å². The first-order valence-electron chi connectivity index (χ1n) is 18.3. The van der Waals surface area contributed by atoms with Crippen LogP contribution in [0.15, 0.2) is 11.6 Å². The fraction of sp³-hybridized carbons (Fsp3) is 0.892. The Kier molecular flexibility index (Phi) is 11.7. The second-order valence-corrected chi connectivity index (χ2v) is 16.3. The fourth-order valence-electron chi connectivity index (χ4n) is 10.6. The van der Waals surface area contributed by atoms with Crippen LogP contribution in [-0.2, 0) is 28.5 Å². The number of aliphatic hydroxyl groups is 5. The average molecular weight is 681 g/mol. The first-order chi connectivity index (χ1) is 22.6. The predicted octanol–water partition coefficient (Wildman–Crippen LogP) is 3.27. The molecule has 1 heterocycles. The van der Waals surface area contributed by atoms with Crippen molar-refractivity contribution in [1.82, 2.24) is 0 Å². The molecule has 3 saturated carbocycles. The minimum atomic E-state index is -1.56. The molecule has 0 spiro atoms. The molecular formula is C37H60O11. The Morgan fingerprint density at radius 3 is 2.33 bits per heavy atom. The van der Waals surface area contributed by atoms with Crippen LogP contribution in [0, 0.1) is 46.3 Å². The molecule has 4 unspecified atom stereocenters. The minimum absolute atomic E-state index is 0.0310. The lowest BCUT2D eigenvalue weighted by atomic mass is 9.45. The van der Waals surface area contributed by atoms with Gasteiger partial charge in [-0.25, -0.2) is 0 Å². The summed E-state index contributed by atoms with van der Waals surface area (Å²) < 4.78 is 23.0. The van der Waals surface area contributed by atoms with E-state index >= 15 is 0 Å². The summed E-state index contributed by atoms with van der Waals surface area (Å²) in [4.78, 5) is 22.7. The van der Waals surface area contributed by atoms with E-state index in [1.165, 1.54) is 13.8 Å². The summed E-state index contributed by atoms with van der Waals surface area (Å²) >= 11 is 0. The summed E-state index contributed by atoms with van der Waals surface area (Å²) in [6.07, 6.45) is 1.10. The third-order valence-corrected chi connectivity index (χ3v) is 13.3. The fourth-order valence-corrected chi connectivity index (χ4v) is 10.6. The van der Waals surface area contributed by atoms with Crippen molar-refractivity contribution in [3.8, 4) is 0 Å². The van der Waals surface area contributed by atoms with Crippen molar-refractivity contribution < 1.29 is 54.1 Å². The molecule has 0 bridgehead atoms. The van der Waals surface area contributed by atoms with Crippen LogP contribution >= 0.6 is 0 Å². The van der Waals surface area contributed by atoms with Crippen LogP contribution < -0.4 is 0 Å². The highest BCUT2D eigenvalue weighted by atomic mass is 16.7. The van der Waals surface area contributed by atoms with Gasteiger partial charge in [0, 0.05) is 13.8 Å². The maximum atomic E-state index is 12.1. The van der Waals surface area contributed by atoms with Gasteiger partial charge in [-0.3, -0.25) is 9.59 Å². The van der Waals surface area contributed by atoms with Crippen LogP contribution in [0.2, 0.25) is 0 Å². The van der Waals surface area contributed by atoms with Gasteiger partial charge in [-0.15, -0.1) is 0 Å². The van der Waals surface area contributed by atoms with Crippen LogP contribution in [0.25, 0.3) is 0 Å². The lowest BCUT2D eigenvalue weighted by Gasteiger charge is -2.62. The quantitative estimate of drug-likeness (QED) is 0.160. The zero-order valence-electron chi connectivity index (χ0n) is 29.6. The Labute approximate surface area is 285 Å². The van der Waals surface area contributed by atoms with Gasteiger partial charge in [-0.05, 0) is 91.3 Å². The summed E-state index contributed by atoms with van der Waals surface area (Å²) in [5.74, 6) is 0.423. The molecule has 4 aliphatic carbocycles. The summed E-state index contributed by atoms with van der Waals surface area (Å²) in [5, 5.41) is 55.2. The second-order valence-electron chi connectivity index (χ2n) is 16.3. The van der Waals surface area contributed by atoms with Crippen LogP contribution in [-0.4, -0.2) is 99.7 Å². The SMILES string of the molecule is CC(=O)OC[C@H](C)CCC[C@@H](C)[C@H]1CCC2C3C(C[C@H](O)[C@@]21C)[C@@]1(C)CCC(O)C=C1C[C@H]3O[C@@H]1O[C@H](COC(C)=O)[C@H](O)[C@@H](O)[C@H]1O. The maximum Gasteiger partial charge on any atom is 0.302 e. The number of rotatable bonds is 11. The Bertz CT molecular complexity index is 1180. The first kappa shape index (κ1) is 37.7. The molecule has 1 aliphatic heterocycles. The number of carbonyl (C=O) groups is 2. The second kappa shape index (κ2) is 14.9. The van der Waals surface area contributed by atoms with Gasteiger partial charge in [0.15, 0.2) is 6.29 Å². The molecule has 11 nitrogen and oxygen atoms in total. The molecule has 4 fully saturated rings. The van der Waals surface area contributed by atoms with Gasteiger partial charge in [-0.2, -0.15) is 0 Å². The maximum absolute atomic E-state index is 12.1. The number of hydrogen-bond acceptors (Lipinski definition) is 11. The molecule has 0 radical (unpaired) electrons. The summed E-state index contributed by atoms with van der Waals surface area (Å²) in [5.41, 5.74) is 0.529. The van der Waals surface area contributed by atoms with E-state index in [0.717, 1.165) is 44.1 Å². The Balaban J connectivity index is 1.38. The molecule has 5 rings (SSSR count). The van der Waals surface area contributed by atoms with E-state index in [1.54, 1.807) is 0 Å². The normalized spacial score (nSPS) is 45.2. The Morgan fingerprint density at radius 2 is 1.65 bits per heavy atom. The smallest absolute Gasteiger partial charge is 0.302 e. The lowest BCUT2D eigenvalue weighted by molar-refractivity contribution is -0.324. The summed E-state index contributed by atoms with van der Waals surface area (Å²) in [7, 11) is 0. The van der Waals surface area contributed by atoms with Crippen LogP contribution in [0.5, 0.6) is 0 Å². The molecule has 11 heteroatoms. The van der Waals surface area contributed by atoms with E-state index in [2.05, 4.69) is 27.7 Å². The highest BCUT2D eigenvalue weighted by Gasteiger charge is 2.65. The molecule has 1 saturated heterocycles. The van der Waals surface area contributed by atoms with Gasteiger partial charge < -0.3 is 44.5 Å². The van der Waals surface area contributed by atoms with E-state index in [4.69, 9.17) is 18.9 Å². The topological polar surface area (TPSA) is 172 Å². The number of fused-ring (bicyclic) bond motifs is 5. The molecule has 48 heavy (non-hydrogen) atoms. The van der Waals surface area contributed by atoms with Crippen molar-refractivity contribution in [3.63, 3.8) is 0 Å². The number of ether oxygens (including phenoxy) is 4. The number of aliphatic hydroxyl groups excluding tert-OH is 5. The third-order valence-electron chi connectivity index (χ3n) is 13.3. The number of carbonyl (C=O) groups excluding carboxylic acids is 2. The van der Waals surface area contributed by atoms with Gasteiger partial charge in [-0.1, -0.05) is 52.2 Å². The monoisotopic (exact) mass is 680 g/mol. The Morgan fingerprint density at radius 1 is 0.938 bits per heavy atom. The first-order valence-corrected chi connectivity index (χ1v) is 18.3. The molecule has 5 N–H and O–H groups in total. The molecule has 0 aromatic rings. The van der Waals surface area contributed by atoms with E-state index in [-0.39, 0.29) is 47.1 Å². The van der Waals surface area contributed by atoms with Gasteiger partial charge in [0.25, 0.3) is 0 Å². The van der Waals surface area contributed by atoms with Gasteiger partial charge in [0.2, 0.25) is 0 Å². The van der Waals surface area contributed by atoms with Crippen molar-refractivity contribution in [2.75, 3.05) is 13.2 Å². The molecule has 274 valence electrons. The molecule has 0 aromatic carbocycles. The highest BCUT2D eigenvalue weighted by molar-refractivity contribution is 5.66. The number of hydrogen-bond donors (Lipinski definition) is 5. The highest BCUT2D eigenvalue weighted by Crippen LogP contribution is 2.68. The summed E-state index contributed by atoms with van der Waals surface area (Å²) in [6, 6.07) is 0. The van der Waals surface area contributed by atoms with Crippen molar-refractivity contribution >= 4 is 11.9 Å². The molecule has 5 aliphatic rings. The predicted molar refractivity (Wildman–Crippen MR) is 175 cm³/mol. The van der Waals surface area contributed by atoms with E-state index in [9.17, 15) is 35.1 Å². The Hall–Kier alpha value is -1.60. The van der Waals surface area contributed by atoms with Crippen molar-refractivity contribution in [2.24, 2.45) is 46.3 Å². The lowest BCUT2D eigenvalue weighted by Crippen LogP contribution is -2.63. The molecule has 0 amide bonds. The van der Waals surface area contributed by atoms with Gasteiger partial charge in [0.1, 0.15) is 31.0 Å². The van der Waals surface area contributed by atoms with Gasteiger partial charge in [0.05, 0.1) is 24.9 Å². The molecule has 0 aromatic heterocycles. The number of esters is 2. The van der Waals surface area contributed by atoms with Crippen molar-refractivity contribution in [3.05, 3.63) is 11.6 Å². The third kappa shape index (κ3) is 7.25. The van der Waals surface area contributed by atoms with E-state index in [0.29, 0.717) is 37.7 Å². The molecular weight excluding hydrogens is 620 g/mol. The average Bonchev–Trinajstić information content (AvgIpc) is 3.39. The van der Waals surface area contributed by atoms with E-state index < -0.39 is 55.0 Å².